The maximum absolute atomic E-state index is 10.7. The lowest BCUT2D eigenvalue weighted by atomic mass is 9.87. The normalized spacial score (nSPS) is 27.7. The summed E-state index contributed by atoms with van der Waals surface area (Å²) >= 11 is 0. The number of nitrogens with two attached hydrogens (primary N) is 1. The lowest BCUT2D eigenvalue weighted by molar-refractivity contribution is -0.119. The topological polar surface area (TPSA) is 58.4 Å². The molecule has 1 fully saturated rings. The average Bonchev–Trinajstić information content (AvgIpc) is 2.20. The van der Waals surface area contributed by atoms with Crippen LogP contribution < -0.4 is 11.1 Å². The Hall–Kier alpha value is -0.610. The third-order valence-corrected chi connectivity index (χ3v) is 3.30. The zero-order chi connectivity index (χ0) is 11.3. The monoisotopic (exact) mass is 213 g/mol. The van der Waals surface area contributed by atoms with Crippen molar-refractivity contribution in [3.05, 3.63) is 0 Å². The van der Waals surface area contributed by atoms with Gasteiger partial charge in [-0.3, -0.25) is 4.79 Å². The molecule has 88 valence electrons. The fraction of sp³-hybridized carbons (Fsp3) is 0.909. The smallest absolute Gasteiger partial charge is 0.216 e. The lowest BCUT2D eigenvalue weighted by Crippen LogP contribution is -2.45. The second-order valence-electron chi connectivity index (χ2n) is 4.55. The third kappa shape index (κ3) is 4.18. The van der Waals surface area contributed by atoms with Gasteiger partial charge in [0.1, 0.15) is 0 Å². The minimum Gasteiger partial charge on any atom is -0.355 e. The average molecular weight is 213 g/mol. The van der Waals surface area contributed by atoms with Crippen molar-refractivity contribution in [3.63, 3.8) is 0 Å². The number of carbonyl (C=O) groups is 1. The SMILES string of the molecule is CC(=O)NCCN1CCC(C)C(CN)C1. The molecule has 0 saturated carbocycles. The van der Waals surface area contributed by atoms with E-state index in [1.165, 1.54) is 6.42 Å². The van der Waals surface area contributed by atoms with Gasteiger partial charge in [-0.1, -0.05) is 6.92 Å². The van der Waals surface area contributed by atoms with Crippen LogP contribution in [0.15, 0.2) is 0 Å². The van der Waals surface area contributed by atoms with Gasteiger partial charge in [0.15, 0.2) is 0 Å². The molecule has 1 aliphatic heterocycles. The van der Waals surface area contributed by atoms with Crippen molar-refractivity contribution in [3.8, 4) is 0 Å². The summed E-state index contributed by atoms with van der Waals surface area (Å²) in [6, 6.07) is 0. The molecule has 2 unspecified atom stereocenters. The first-order chi connectivity index (χ1) is 7.13. The van der Waals surface area contributed by atoms with E-state index in [1.54, 1.807) is 6.92 Å². The Morgan fingerprint density at radius 2 is 2.33 bits per heavy atom. The number of likely N-dealkylation sites (tertiary alicyclic amines) is 1. The molecule has 15 heavy (non-hydrogen) atoms. The molecule has 1 rings (SSSR count). The van der Waals surface area contributed by atoms with Crippen molar-refractivity contribution >= 4 is 5.91 Å². The second kappa shape index (κ2) is 6.08. The quantitative estimate of drug-likeness (QED) is 0.693. The summed E-state index contributed by atoms with van der Waals surface area (Å²) in [7, 11) is 0. The van der Waals surface area contributed by atoms with Gasteiger partial charge >= 0.3 is 0 Å². The zero-order valence-corrected chi connectivity index (χ0v) is 9.83. The van der Waals surface area contributed by atoms with Crippen LogP contribution in [0.1, 0.15) is 20.3 Å². The largest absolute Gasteiger partial charge is 0.355 e. The van der Waals surface area contributed by atoms with E-state index in [0.29, 0.717) is 5.92 Å². The molecule has 2 atom stereocenters. The van der Waals surface area contributed by atoms with Crippen molar-refractivity contribution in [2.24, 2.45) is 17.6 Å². The minimum absolute atomic E-state index is 0.0516. The molecular weight excluding hydrogens is 190 g/mol. The molecule has 0 aromatic carbocycles. The van der Waals surface area contributed by atoms with E-state index in [2.05, 4.69) is 17.1 Å². The van der Waals surface area contributed by atoms with Gasteiger partial charge in [-0.25, -0.2) is 0 Å². The Morgan fingerprint density at radius 3 is 2.93 bits per heavy atom. The number of nitrogens with zero attached hydrogens (tertiary/aromatic N) is 1. The first-order valence-electron chi connectivity index (χ1n) is 5.80. The summed E-state index contributed by atoms with van der Waals surface area (Å²) in [5.74, 6) is 1.42. The summed E-state index contributed by atoms with van der Waals surface area (Å²) < 4.78 is 0. The number of hydrogen-bond donors (Lipinski definition) is 2. The molecule has 1 amide bonds. The van der Waals surface area contributed by atoms with Crippen LogP contribution in [0.5, 0.6) is 0 Å². The van der Waals surface area contributed by atoms with Gasteiger partial charge < -0.3 is 16.0 Å². The molecule has 0 radical (unpaired) electrons. The van der Waals surface area contributed by atoms with Crippen molar-refractivity contribution in [1.29, 1.82) is 0 Å². The van der Waals surface area contributed by atoms with Crippen molar-refractivity contribution in [2.75, 3.05) is 32.7 Å². The predicted octanol–water partition coefficient (Wildman–Crippen LogP) is 0.0392. The molecule has 3 N–H and O–H groups in total. The Labute approximate surface area is 92.2 Å². The van der Waals surface area contributed by atoms with Crippen LogP contribution in [0.2, 0.25) is 0 Å². The highest BCUT2D eigenvalue weighted by Gasteiger charge is 2.24. The first kappa shape index (κ1) is 12.5. The minimum atomic E-state index is 0.0516. The Kier molecular flexibility index (Phi) is 5.05. The number of rotatable bonds is 4. The highest BCUT2D eigenvalue weighted by atomic mass is 16.1. The summed E-state index contributed by atoms with van der Waals surface area (Å²) in [5, 5.41) is 2.83. The fourth-order valence-corrected chi connectivity index (χ4v) is 2.12. The standard InChI is InChI=1S/C11H23N3O/c1-9-3-5-14(8-11(9)7-12)6-4-13-10(2)15/h9,11H,3-8,12H2,1-2H3,(H,13,15). The number of piperidine rings is 1. The zero-order valence-electron chi connectivity index (χ0n) is 9.83. The summed E-state index contributed by atoms with van der Waals surface area (Å²) in [6.45, 7) is 8.53. The van der Waals surface area contributed by atoms with Crippen molar-refractivity contribution < 1.29 is 4.79 Å². The fourth-order valence-electron chi connectivity index (χ4n) is 2.12. The third-order valence-electron chi connectivity index (χ3n) is 3.30. The predicted molar refractivity (Wildman–Crippen MR) is 61.4 cm³/mol. The lowest BCUT2D eigenvalue weighted by Gasteiger charge is -2.36. The van der Waals surface area contributed by atoms with Gasteiger partial charge in [0.25, 0.3) is 0 Å². The second-order valence-corrected chi connectivity index (χ2v) is 4.55. The highest BCUT2D eigenvalue weighted by Crippen LogP contribution is 2.21. The van der Waals surface area contributed by atoms with Crippen LogP contribution in [-0.2, 0) is 4.79 Å². The van der Waals surface area contributed by atoms with E-state index in [4.69, 9.17) is 5.73 Å². The Balaban J connectivity index is 2.23. The molecule has 1 saturated heterocycles. The van der Waals surface area contributed by atoms with E-state index in [-0.39, 0.29) is 5.91 Å². The molecule has 4 nitrogen and oxygen atoms in total. The summed E-state index contributed by atoms with van der Waals surface area (Å²) in [4.78, 5) is 13.1. The molecule has 0 aliphatic carbocycles. The van der Waals surface area contributed by atoms with Crippen LogP contribution in [0.4, 0.5) is 0 Å². The highest BCUT2D eigenvalue weighted by molar-refractivity contribution is 5.72. The maximum atomic E-state index is 10.7. The molecule has 1 aliphatic rings. The number of hydrogen-bond acceptors (Lipinski definition) is 3. The van der Waals surface area contributed by atoms with E-state index >= 15 is 0 Å². The van der Waals surface area contributed by atoms with E-state index in [0.717, 1.165) is 38.6 Å². The van der Waals surface area contributed by atoms with Gasteiger partial charge in [0.2, 0.25) is 5.91 Å². The summed E-state index contributed by atoms with van der Waals surface area (Å²) in [6.07, 6.45) is 1.22. The van der Waals surface area contributed by atoms with E-state index in [9.17, 15) is 4.79 Å². The van der Waals surface area contributed by atoms with Crippen LogP contribution in [0.3, 0.4) is 0 Å². The van der Waals surface area contributed by atoms with Crippen LogP contribution in [0.25, 0.3) is 0 Å². The first-order valence-corrected chi connectivity index (χ1v) is 5.80. The molecule has 0 aromatic heterocycles. The van der Waals surface area contributed by atoms with Crippen LogP contribution in [0, 0.1) is 11.8 Å². The van der Waals surface area contributed by atoms with Gasteiger partial charge in [-0.2, -0.15) is 0 Å². The van der Waals surface area contributed by atoms with E-state index in [1.807, 2.05) is 0 Å². The van der Waals surface area contributed by atoms with Crippen LogP contribution in [-0.4, -0.2) is 43.5 Å². The Morgan fingerprint density at radius 1 is 1.60 bits per heavy atom. The van der Waals surface area contributed by atoms with Gasteiger partial charge in [-0.15, -0.1) is 0 Å². The van der Waals surface area contributed by atoms with E-state index < -0.39 is 0 Å². The molecule has 1 heterocycles. The van der Waals surface area contributed by atoms with Gasteiger partial charge in [0, 0.05) is 26.6 Å². The van der Waals surface area contributed by atoms with Crippen molar-refractivity contribution in [1.82, 2.24) is 10.2 Å². The number of carbonyl (C=O) groups excluding carboxylic acids is 1. The number of nitrogens with one attached hydrogen (secondary N) is 1. The molecule has 0 bridgehead atoms. The van der Waals surface area contributed by atoms with Crippen LogP contribution >= 0.6 is 0 Å². The summed E-state index contributed by atoms with van der Waals surface area (Å²) in [5.41, 5.74) is 5.74. The molecule has 0 aromatic rings. The van der Waals surface area contributed by atoms with Gasteiger partial charge in [0.05, 0.1) is 0 Å². The molecule has 0 spiro atoms. The number of amides is 1. The van der Waals surface area contributed by atoms with Crippen molar-refractivity contribution in [2.45, 2.75) is 20.3 Å². The van der Waals surface area contributed by atoms with Gasteiger partial charge in [-0.05, 0) is 31.3 Å². The molecular formula is C11H23N3O. The Bertz CT molecular complexity index is 208. The molecule has 4 heteroatoms. The maximum Gasteiger partial charge on any atom is 0.216 e.